The van der Waals surface area contributed by atoms with Crippen LogP contribution in [0.5, 0.6) is 0 Å². The van der Waals surface area contributed by atoms with Crippen LogP contribution in [0.15, 0.2) is 18.2 Å². The van der Waals surface area contributed by atoms with Gasteiger partial charge in [-0.3, -0.25) is 10.6 Å². The Hall–Kier alpha value is -1.55. The molecule has 4 nitrogen and oxygen atoms in total. The number of hydrazine groups is 1. The van der Waals surface area contributed by atoms with E-state index in [1.54, 1.807) is 0 Å². The van der Waals surface area contributed by atoms with Gasteiger partial charge in [0.05, 0.1) is 11.3 Å². The number of nitrogens with one attached hydrogen (secondary N) is 1. The van der Waals surface area contributed by atoms with Crippen LogP contribution in [0.3, 0.4) is 0 Å². The first kappa shape index (κ1) is 14.4. The summed E-state index contributed by atoms with van der Waals surface area (Å²) in [6.07, 6.45) is 7.50. The van der Waals surface area contributed by atoms with Crippen LogP contribution >= 0.6 is 0 Å². The van der Waals surface area contributed by atoms with Crippen molar-refractivity contribution in [2.45, 2.75) is 51.5 Å². The Morgan fingerprint density at radius 1 is 1.24 bits per heavy atom. The maximum absolute atomic E-state index is 12.9. The zero-order valence-corrected chi connectivity index (χ0v) is 12.8. The molecule has 1 aliphatic carbocycles. The Kier molecular flexibility index (Phi) is 4.15. The molecule has 1 heterocycles. The lowest BCUT2D eigenvalue weighted by molar-refractivity contribution is 0.0690. The standard InChI is InChI=1S/C17H25N3O/c1-12-8-9-14(15(11-12)19-18)17(21)20-10-4-7-16(20)13-5-2-3-6-13/h8-9,11,13,16,19H,2-7,10,18H2,1H3. The molecule has 2 aliphatic rings. The van der Waals surface area contributed by atoms with E-state index in [9.17, 15) is 4.79 Å². The molecular formula is C17H25N3O. The number of benzene rings is 1. The van der Waals surface area contributed by atoms with E-state index in [1.807, 2.05) is 25.1 Å². The van der Waals surface area contributed by atoms with Crippen molar-refractivity contribution in [1.82, 2.24) is 4.90 Å². The predicted octanol–water partition coefficient (Wildman–Crippen LogP) is 3.08. The highest BCUT2D eigenvalue weighted by Gasteiger charge is 2.36. The molecule has 1 unspecified atom stereocenters. The summed E-state index contributed by atoms with van der Waals surface area (Å²) in [7, 11) is 0. The van der Waals surface area contributed by atoms with Crippen molar-refractivity contribution in [3.63, 3.8) is 0 Å². The fourth-order valence-corrected chi connectivity index (χ4v) is 4.00. The van der Waals surface area contributed by atoms with Crippen LogP contribution in [0.4, 0.5) is 5.69 Å². The fourth-order valence-electron chi connectivity index (χ4n) is 4.00. The van der Waals surface area contributed by atoms with E-state index in [-0.39, 0.29) is 5.91 Å². The summed E-state index contributed by atoms with van der Waals surface area (Å²) in [6, 6.07) is 6.26. The van der Waals surface area contributed by atoms with Gasteiger partial charge in [-0.05, 0) is 56.2 Å². The number of rotatable bonds is 3. The van der Waals surface area contributed by atoms with Gasteiger partial charge in [0.25, 0.3) is 5.91 Å². The minimum atomic E-state index is 0.136. The van der Waals surface area contributed by atoms with Gasteiger partial charge in [-0.15, -0.1) is 0 Å². The number of likely N-dealkylation sites (tertiary alicyclic amines) is 1. The largest absolute Gasteiger partial charge is 0.335 e. The summed E-state index contributed by atoms with van der Waals surface area (Å²) in [5.74, 6) is 6.43. The summed E-state index contributed by atoms with van der Waals surface area (Å²) in [5, 5.41) is 0. The molecule has 0 radical (unpaired) electrons. The number of carbonyl (C=O) groups is 1. The van der Waals surface area contributed by atoms with E-state index in [2.05, 4.69) is 10.3 Å². The first-order valence-electron chi connectivity index (χ1n) is 8.09. The SMILES string of the molecule is Cc1ccc(C(=O)N2CCCC2C2CCCC2)c(NN)c1. The molecule has 1 amide bonds. The minimum absolute atomic E-state index is 0.136. The van der Waals surface area contributed by atoms with Crippen LogP contribution in [0.2, 0.25) is 0 Å². The molecule has 3 N–H and O–H groups in total. The smallest absolute Gasteiger partial charge is 0.256 e. The minimum Gasteiger partial charge on any atom is -0.335 e. The third-order valence-electron chi connectivity index (χ3n) is 5.07. The van der Waals surface area contributed by atoms with Gasteiger partial charge < -0.3 is 10.3 Å². The van der Waals surface area contributed by atoms with Crippen LogP contribution < -0.4 is 11.3 Å². The monoisotopic (exact) mass is 287 g/mol. The highest BCUT2D eigenvalue weighted by atomic mass is 16.2. The molecule has 0 aromatic heterocycles. The summed E-state index contributed by atoms with van der Waals surface area (Å²) in [4.78, 5) is 15.0. The van der Waals surface area contributed by atoms with Gasteiger partial charge in [0, 0.05) is 12.6 Å². The molecule has 114 valence electrons. The molecule has 0 spiro atoms. The molecule has 1 saturated carbocycles. The maximum atomic E-state index is 12.9. The van der Waals surface area contributed by atoms with Crippen molar-refractivity contribution in [3.05, 3.63) is 29.3 Å². The van der Waals surface area contributed by atoms with Crippen molar-refractivity contribution < 1.29 is 4.79 Å². The van der Waals surface area contributed by atoms with Crippen LogP contribution in [-0.2, 0) is 0 Å². The average molecular weight is 287 g/mol. The first-order chi connectivity index (χ1) is 10.2. The first-order valence-corrected chi connectivity index (χ1v) is 8.09. The van der Waals surface area contributed by atoms with E-state index in [4.69, 9.17) is 5.84 Å². The molecule has 0 bridgehead atoms. The van der Waals surface area contributed by atoms with E-state index in [1.165, 1.54) is 25.7 Å². The predicted molar refractivity (Wildman–Crippen MR) is 85.0 cm³/mol. The highest BCUT2D eigenvalue weighted by molar-refractivity contribution is 6.00. The van der Waals surface area contributed by atoms with Gasteiger partial charge in [-0.2, -0.15) is 0 Å². The number of nitrogens with zero attached hydrogens (tertiary/aromatic N) is 1. The van der Waals surface area contributed by atoms with Gasteiger partial charge in [0.2, 0.25) is 0 Å². The van der Waals surface area contributed by atoms with Crippen molar-refractivity contribution in [3.8, 4) is 0 Å². The quantitative estimate of drug-likeness (QED) is 0.663. The van der Waals surface area contributed by atoms with Crippen LogP contribution in [-0.4, -0.2) is 23.4 Å². The number of nitrogen functional groups attached to an aromatic ring is 1. The lowest BCUT2D eigenvalue weighted by Gasteiger charge is -2.30. The number of anilines is 1. The molecule has 2 fully saturated rings. The molecule has 4 heteroatoms. The number of nitrogens with two attached hydrogens (primary N) is 1. The normalized spacial score (nSPS) is 22.8. The molecule has 21 heavy (non-hydrogen) atoms. The summed E-state index contributed by atoms with van der Waals surface area (Å²) < 4.78 is 0. The zero-order chi connectivity index (χ0) is 14.8. The molecule has 1 aromatic rings. The van der Waals surface area contributed by atoms with Crippen molar-refractivity contribution in [2.24, 2.45) is 11.8 Å². The average Bonchev–Trinajstić information content (AvgIpc) is 3.16. The van der Waals surface area contributed by atoms with Crippen molar-refractivity contribution in [1.29, 1.82) is 0 Å². The lowest BCUT2D eigenvalue weighted by Crippen LogP contribution is -2.39. The zero-order valence-electron chi connectivity index (χ0n) is 12.8. The Labute approximate surface area is 126 Å². The van der Waals surface area contributed by atoms with Gasteiger partial charge in [-0.25, -0.2) is 0 Å². The van der Waals surface area contributed by atoms with E-state index < -0.39 is 0 Å². The third kappa shape index (κ3) is 2.77. The number of hydrogen-bond acceptors (Lipinski definition) is 3. The van der Waals surface area contributed by atoms with Crippen molar-refractivity contribution >= 4 is 11.6 Å². The maximum Gasteiger partial charge on any atom is 0.256 e. The molecule has 1 atom stereocenters. The van der Waals surface area contributed by atoms with E-state index in [0.717, 1.165) is 30.6 Å². The highest BCUT2D eigenvalue weighted by Crippen LogP contribution is 2.36. The molecular weight excluding hydrogens is 262 g/mol. The summed E-state index contributed by atoms with van der Waals surface area (Å²) in [5.41, 5.74) is 5.22. The van der Waals surface area contributed by atoms with Gasteiger partial charge in [0.15, 0.2) is 0 Å². The second-order valence-corrected chi connectivity index (χ2v) is 6.45. The Morgan fingerprint density at radius 3 is 2.71 bits per heavy atom. The van der Waals surface area contributed by atoms with E-state index >= 15 is 0 Å². The Bertz CT molecular complexity index is 523. The molecule has 1 saturated heterocycles. The van der Waals surface area contributed by atoms with Crippen molar-refractivity contribution in [2.75, 3.05) is 12.0 Å². The van der Waals surface area contributed by atoms with Gasteiger partial charge in [-0.1, -0.05) is 18.9 Å². The van der Waals surface area contributed by atoms with Crippen LogP contribution in [0, 0.1) is 12.8 Å². The molecule has 1 aromatic carbocycles. The van der Waals surface area contributed by atoms with Gasteiger partial charge >= 0.3 is 0 Å². The summed E-state index contributed by atoms with van der Waals surface area (Å²) in [6.45, 7) is 2.89. The van der Waals surface area contributed by atoms with Crippen LogP contribution in [0.1, 0.15) is 54.4 Å². The Balaban J connectivity index is 1.83. The van der Waals surface area contributed by atoms with E-state index in [0.29, 0.717) is 17.5 Å². The van der Waals surface area contributed by atoms with Crippen LogP contribution in [0.25, 0.3) is 0 Å². The Morgan fingerprint density at radius 2 is 2.00 bits per heavy atom. The lowest BCUT2D eigenvalue weighted by atomic mass is 9.95. The summed E-state index contributed by atoms with van der Waals surface area (Å²) >= 11 is 0. The molecule has 3 rings (SSSR count). The number of amides is 1. The third-order valence-corrected chi connectivity index (χ3v) is 5.07. The van der Waals surface area contributed by atoms with Gasteiger partial charge in [0.1, 0.15) is 0 Å². The topological polar surface area (TPSA) is 58.4 Å². The fraction of sp³-hybridized carbons (Fsp3) is 0.588. The second-order valence-electron chi connectivity index (χ2n) is 6.45. The number of carbonyl (C=O) groups excluding carboxylic acids is 1. The second kappa shape index (κ2) is 6.06. The number of aryl methyl sites for hydroxylation is 1. The number of hydrogen-bond donors (Lipinski definition) is 2. The molecule has 1 aliphatic heterocycles.